The molecule has 0 spiro atoms. The zero-order valence-corrected chi connectivity index (χ0v) is 15.6. The van der Waals surface area contributed by atoms with E-state index < -0.39 is 0 Å². The van der Waals surface area contributed by atoms with Crippen LogP contribution in [-0.2, 0) is 6.54 Å². The lowest BCUT2D eigenvalue weighted by Crippen LogP contribution is -2.46. The van der Waals surface area contributed by atoms with E-state index in [9.17, 15) is 4.39 Å². The van der Waals surface area contributed by atoms with Gasteiger partial charge in [-0.1, -0.05) is 18.2 Å². The maximum Gasteiger partial charge on any atom is 0.209 e. The van der Waals surface area contributed by atoms with E-state index in [0.29, 0.717) is 0 Å². The molecule has 3 aromatic rings. The molecule has 0 radical (unpaired) electrons. The molecule has 3 heterocycles. The van der Waals surface area contributed by atoms with Gasteiger partial charge in [-0.3, -0.25) is 9.80 Å². The van der Waals surface area contributed by atoms with Crippen LogP contribution in [0.15, 0.2) is 52.4 Å². The molecule has 0 N–H and O–H groups in total. The summed E-state index contributed by atoms with van der Waals surface area (Å²) >= 11 is 1.66. The molecule has 0 unspecified atom stereocenters. The Morgan fingerprint density at radius 3 is 2.77 bits per heavy atom. The second-order valence-corrected chi connectivity index (χ2v) is 7.59. The third kappa shape index (κ3) is 3.87. The first kappa shape index (κ1) is 17.4. The molecule has 26 heavy (non-hydrogen) atoms. The maximum absolute atomic E-state index is 13.5. The molecule has 0 bridgehead atoms. The van der Waals surface area contributed by atoms with Gasteiger partial charge in [-0.15, -0.1) is 11.3 Å². The summed E-state index contributed by atoms with van der Waals surface area (Å²) in [6.45, 7) is 6.69. The predicted molar refractivity (Wildman–Crippen MR) is 101 cm³/mol. The van der Waals surface area contributed by atoms with E-state index >= 15 is 0 Å². The molecule has 0 amide bonds. The summed E-state index contributed by atoms with van der Waals surface area (Å²) in [5, 5.41) is 2.04. The van der Waals surface area contributed by atoms with Crippen LogP contribution >= 0.6 is 11.3 Å². The van der Waals surface area contributed by atoms with E-state index in [2.05, 4.69) is 21.7 Å². The second-order valence-electron chi connectivity index (χ2n) is 6.64. The fourth-order valence-electron chi connectivity index (χ4n) is 3.39. The molecule has 2 aromatic heterocycles. The summed E-state index contributed by atoms with van der Waals surface area (Å²) < 4.78 is 19.3. The van der Waals surface area contributed by atoms with Crippen molar-refractivity contribution in [2.24, 2.45) is 0 Å². The van der Waals surface area contributed by atoms with Crippen molar-refractivity contribution >= 4 is 11.3 Å². The molecule has 1 fully saturated rings. The highest BCUT2D eigenvalue weighted by Gasteiger charge is 2.23. The van der Waals surface area contributed by atoms with Crippen molar-refractivity contribution in [1.82, 2.24) is 14.8 Å². The van der Waals surface area contributed by atoms with Gasteiger partial charge in [0.15, 0.2) is 5.76 Å². The lowest BCUT2D eigenvalue weighted by molar-refractivity contribution is 0.0922. The average molecular weight is 371 g/mol. The second kappa shape index (κ2) is 7.70. The van der Waals surface area contributed by atoms with E-state index in [1.807, 2.05) is 29.8 Å². The van der Waals surface area contributed by atoms with Crippen molar-refractivity contribution in [3.05, 3.63) is 65.2 Å². The van der Waals surface area contributed by atoms with Gasteiger partial charge in [0, 0.05) is 32.2 Å². The molecule has 0 aliphatic carbocycles. The molecular weight excluding hydrogens is 349 g/mol. The quantitative estimate of drug-likeness (QED) is 0.665. The molecule has 1 atom stereocenters. The summed E-state index contributed by atoms with van der Waals surface area (Å²) in [5.74, 6) is 1.44. The number of thiophene rings is 1. The third-order valence-electron chi connectivity index (χ3n) is 4.96. The van der Waals surface area contributed by atoms with Crippen molar-refractivity contribution in [3.63, 3.8) is 0 Å². The van der Waals surface area contributed by atoms with Gasteiger partial charge in [-0.05, 0) is 36.1 Å². The van der Waals surface area contributed by atoms with E-state index in [-0.39, 0.29) is 11.9 Å². The molecule has 1 aliphatic heterocycles. The van der Waals surface area contributed by atoms with Crippen molar-refractivity contribution in [3.8, 4) is 10.6 Å². The smallest absolute Gasteiger partial charge is 0.209 e. The van der Waals surface area contributed by atoms with Crippen LogP contribution < -0.4 is 0 Å². The van der Waals surface area contributed by atoms with E-state index in [0.717, 1.165) is 54.8 Å². The van der Waals surface area contributed by atoms with Gasteiger partial charge in [0.2, 0.25) is 5.89 Å². The van der Waals surface area contributed by atoms with Crippen molar-refractivity contribution < 1.29 is 8.81 Å². The lowest BCUT2D eigenvalue weighted by Gasteiger charge is -2.37. The zero-order chi connectivity index (χ0) is 17.9. The number of halogens is 1. The number of hydrogen-bond donors (Lipinski definition) is 0. The maximum atomic E-state index is 13.5. The third-order valence-corrected chi connectivity index (χ3v) is 5.85. The summed E-state index contributed by atoms with van der Waals surface area (Å²) in [7, 11) is 0. The van der Waals surface area contributed by atoms with Crippen molar-refractivity contribution in [1.29, 1.82) is 0 Å². The van der Waals surface area contributed by atoms with Crippen LogP contribution in [0.5, 0.6) is 0 Å². The highest BCUT2D eigenvalue weighted by molar-refractivity contribution is 7.13. The Hall–Kier alpha value is -2.02. The minimum atomic E-state index is -0.168. The molecule has 1 saturated heterocycles. The highest BCUT2D eigenvalue weighted by Crippen LogP contribution is 2.26. The van der Waals surface area contributed by atoms with Crippen LogP contribution in [0.4, 0.5) is 4.39 Å². The van der Waals surface area contributed by atoms with Gasteiger partial charge in [0.25, 0.3) is 0 Å². The van der Waals surface area contributed by atoms with Gasteiger partial charge in [0.05, 0.1) is 17.6 Å². The lowest BCUT2D eigenvalue weighted by atomic mass is 10.1. The van der Waals surface area contributed by atoms with Crippen LogP contribution in [0, 0.1) is 5.82 Å². The Morgan fingerprint density at radius 2 is 2.04 bits per heavy atom. The fourth-order valence-corrected chi connectivity index (χ4v) is 4.06. The molecule has 0 saturated carbocycles. The minimum absolute atomic E-state index is 0.168. The van der Waals surface area contributed by atoms with Crippen LogP contribution in [0.3, 0.4) is 0 Å². The monoisotopic (exact) mass is 371 g/mol. The average Bonchev–Trinajstić information content (AvgIpc) is 3.33. The molecule has 6 heteroatoms. The number of aromatic nitrogens is 1. The molecule has 4 nitrogen and oxygen atoms in total. The Morgan fingerprint density at radius 1 is 1.19 bits per heavy atom. The van der Waals surface area contributed by atoms with E-state index in [4.69, 9.17) is 4.42 Å². The van der Waals surface area contributed by atoms with Gasteiger partial charge >= 0.3 is 0 Å². The molecular formula is C20H22FN3OS. The molecule has 1 aromatic carbocycles. The highest BCUT2D eigenvalue weighted by atomic mass is 32.1. The minimum Gasteiger partial charge on any atom is -0.438 e. The first-order valence-electron chi connectivity index (χ1n) is 8.89. The SMILES string of the molecule is C[C@@H](c1cccc(F)c1)N1CCN(Cc2ncc(-c3cccs3)o2)CC1. The van der Waals surface area contributed by atoms with Gasteiger partial charge in [0.1, 0.15) is 5.82 Å². The summed E-state index contributed by atoms with van der Waals surface area (Å²) in [4.78, 5) is 10.3. The number of piperazine rings is 1. The number of hydrogen-bond acceptors (Lipinski definition) is 5. The molecule has 4 rings (SSSR count). The normalized spacial score (nSPS) is 17.5. The topological polar surface area (TPSA) is 32.5 Å². The van der Waals surface area contributed by atoms with Crippen molar-refractivity contribution in [2.75, 3.05) is 26.2 Å². The van der Waals surface area contributed by atoms with Gasteiger partial charge in [-0.25, -0.2) is 9.37 Å². The molecule has 136 valence electrons. The summed E-state index contributed by atoms with van der Waals surface area (Å²) in [5.41, 5.74) is 1.03. The van der Waals surface area contributed by atoms with Gasteiger partial charge < -0.3 is 4.42 Å². The van der Waals surface area contributed by atoms with Crippen LogP contribution in [0.25, 0.3) is 10.6 Å². The largest absolute Gasteiger partial charge is 0.438 e. The first-order valence-corrected chi connectivity index (χ1v) is 9.77. The Labute approximate surface area is 156 Å². The summed E-state index contributed by atoms with van der Waals surface area (Å²) in [6, 6.07) is 11.2. The number of nitrogens with zero attached hydrogens (tertiary/aromatic N) is 3. The standard InChI is InChI=1S/C20H22FN3OS/c1-15(16-4-2-5-17(21)12-16)24-9-7-23(8-10-24)14-20-22-13-18(25-20)19-6-3-11-26-19/h2-6,11-13,15H,7-10,14H2,1H3/t15-/m0/s1. The molecule has 1 aliphatic rings. The van der Waals surface area contributed by atoms with E-state index in [1.165, 1.54) is 6.07 Å². The Kier molecular flexibility index (Phi) is 5.15. The summed E-state index contributed by atoms with van der Waals surface area (Å²) in [6.07, 6.45) is 1.81. The van der Waals surface area contributed by atoms with Crippen LogP contribution in [-0.4, -0.2) is 41.0 Å². The van der Waals surface area contributed by atoms with Gasteiger partial charge in [-0.2, -0.15) is 0 Å². The van der Waals surface area contributed by atoms with Crippen LogP contribution in [0.2, 0.25) is 0 Å². The zero-order valence-electron chi connectivity index (χ0n) is 14.8. The van der Waals surface area contributed by atoms with E-state index in [1.54, 1.807) is 23.5 Å². The van der Waals surface area contributed by atoms with Crippen molar-refractivity contribution in [2.45, 2.75) is 19.5 Å². The predicted octanol–water partition coefficient (Wildman–Crippen LogP) is 4.42. The van der Waals surface area contributed by atoms with Crippen LogP contribution in [0.1, 0.15) is 24.4 Å². The Bertz CT molecular complexity index is 840. The Balaban J connectivity index is 1.32. The number of oxazole rings is 1. The fraction of sp³-hybridized carbons (Fsp3) is 0.350. The number of benzene rings is 1. The number of rotatable bonds is 5. The first-order chi connectivity index (χ1) is 12.7.